The molecular formula is C28H39N3O7. The number of carbonyl (C=O) groups is 3. The highest BCUT2D eigenvalue weighted by Crippen LogP contribution is 2.31. The molecule has 3 atom stereocenters. The van der Waals surface area contributed by atoms with E-state index in [4.69, 9.17) is 9.47 Å². The second-order valence-corrected chi connectivity index (χ2v) is 9.94. The summed E-state index contributed by atoms with van der Waals surface area (Å²) in [7, 11) is 1.53. The summed E-state index contributed by atoms with van der Waals surface area (Å²) in [5.41, 5.74) is -0.174. The quantitative estimate of drug-likeness (QED) is 0.347. The number of para-hydroxylation sites is 1. The van der Waals surface area contributed by atoms with E-state index in [9.17, 15) is 24.6 Å². The molecule has 10 nitrogen and oxygen atoms in total. The monoisotopic (exact) mass is 529 g/mol. The van der Waals surface area contributed by atoms with Crippen molar-refractivity contribution in [3.8, 4) is 11.5 Å². The van der Waals surface area contributed by atoms with Crippen LogP contribution in [0, 0.1) is 5.92 Å². The van der Waals surface area contributed by atoms with Crippen LogP contribution in [0.15, 0.2) is 48.5 Å². The normalized spacial score (nSPS) is 13.6. The number of ether oxygens (including phenoxy) is 2. The number of amides is 3. The Morgan fingerprint density at radius 3 is 2.21 bits per heavy atom. The molecule has 0 spiro atoms. The molecule has 0 radical (unpaired) electrons. The Balaban J connectivity index is 2.51. The van der Waals surface area contributed by atoms with Crippen LogP contribution >= 0.6 is 0 Å². The second-order valence-electron chi connectivity index (χ2n) is 9.94. The number of benzene rings is 2. The van der Waals surface area contributed by atoms with Gasteiger partial charge in [-0.2, -0.15) is 0 Å². The summed E-state index contributed by atoms with van der Waals surface area (Å²) in [4.78, 5) is 41.4. The van der Waals surface area contributed by atoms with Crippen LogP contribution in [0.4, 0.5) is 10.5 Å². The molecule has 3 unspecified atom stereocenters. The lowest BCUT2D eigenvalue weighted by atomic mass is 9.95. The molecule has 2 aromatic rings. The number of rotatable bonds is 11. The lowest BCUT2D eigenvalue weighted by Crippen LogP contribution is -2.55. The molecule has 0 aliphatic heterocycles. The number of hydrogen-bond donors (Lipinski definition) is 4. The van der Waals surface area contributed by atoms with E-state index in [0.717, 1.165) is 0 Å². The lowest BCUT2D eigenvalue weighted by Gasteiger charge is -2.35. The summed E-state index contributed by atoms with van der Waals surface area (Å²) >= 11 is 0. The fraction of sp³-hybridized carbons (Fsp3) is 0.464. The number of alkyl carbamates (subject to hydrolysis) is 1. The summed E-state index contributed by atoms with van der Waals surface area (Å²) in [6.07, 6.45) is -0.236. The Hall–Kier alpha value is -3.79. The summed E-state index contributed by atoms with van der Waals surface area (Å²) in [5, 5.41) is 25.9. The smallest absolute Gasteiger partial charge is 0.408 e. The van der Waals surface area contributed by atoms with Gasteiger partial charge in [-0.25, -0.2) is 4.79 Å². The summed E-state index contributed by atoms with van der Waals surface area (Å²) < 4.78 is 10.5. The van der Waals surface area contributed by atoms with Crippen LogP contribution in [-0.2, 0) is 14.3 Å². The van der Waals surface area contributed by atoms with Crippen molar-refractivity contribution in [2.24, 2.45) is 5.92 Å². The fourth-order valence-corrected chi connectivity index (χ4v) is 3.82. The number of carbonyl (C=O) groups excluding carboxylic acids is 3. The molecule has 0 bridgehead atoms. The average molecular weight is 530 g/mol. The maximum atomic E-state index is 14.0. The Bertz CT molecular complexity index is 1080. The first-order valence-corrected chi connectivity index (χ1v) is 12.6. The van der Waals surface area contributed by atoms with Gasteiger partial charge in [0.25, 0.3) is 5.91 Å². The maximum Gasteiger partial charge on any atom is 0.408 e. The van der Waals surface area contributed by atoms with Gasteiger partial charge < -0.3 is 35.2 Å². The van der Waals surface area contributed by atoms with Crippen LogP contribution in [0.5, 0.6) is 11.5 Å². The Morgan fingerprint density at radius 1 is 1.05 bits per heavy atom. The van der Waals surface area contributed by atoms with Crippen LogP contribution in [0.1, 0.15) is 52.6 Å². The molecule has 38 heavy (non-hydrogen) atoms. The molecule has 2 aromatic carbocycles. The molecule has 3 amide bonds. The van der Waals surface area contributed by atoms with E-state index >= 15 is 0 Å². The van der Waals surface area contributed by atoms with Gasteiger partial charge in [-0.05, 0) is 57.0 Å². The number of aliphatic hydroxyl groups excluding tert-OH is 1. The predicted octanol–water partition coefficient (Wildman–Crippen LogP) is 3.84. The molecule has 4 N–H and O–H groups in total. The van der Waals surface area contributed by atoms with Gasteiger partial charge in [0.2, 0.25) is 5.91 Å². The van der Waals surface area contributed by atoms with Crippen molar-refractivity contribution >= 4 is 23.6 Å². The second kappa shape index (κ2) is 13.7. The van der Waals surface area contributed by atoms with Gasteiger partial charge in [0.05, 0.1) is 13.7 Å². The van der Waals surface area contributed by atoms with Crippen molar-refractivity contribution in [3.05, 3.63) is 54.1 Å². The van der Waals surface area contributed by atoms with Gasteiger partial charge >= 0.3 is 6.09 Å². The highest BCUT2D eigenvalue weighted by molar-refractivity contribution is 5.99. The number of methoxy groups -OCH3 is 1. The minimum Gasteiger partial charge on any atom is -0.508 e. The van der Waals surface area contributed by atoms with E-state index in [2.05, 4.69) is 10.6 Å². The minimum absolute atomic E-state index is 0.167. The van der Waals surface area contributed by atoms with Crippen LogP contribution in [0.2, 0.25) is 0 Å². The highest BCUT2D eigenvalue weighted by atomic mass is 16.6. The van der Waals surface area contributed by atoms with Crippen molar-refractivity contribution in [3.63, 3.8) is 0 Å². The van der Waals surface area contributed by atoms with Crippen LogP contribution < -0.4 is 15.4 Å². The van der Waals surface area contributed by atoms with Gasteiger partial charge in [0.15, 0.2) is 0 Å². The fourth-order valence-electron chi connectivity index (χ4n) is 3.82. The topological polar surface area (TPSA) is 137 Å². The highest BCUT2D eigenvalue weighted by Gasteiger charge is 2.38. The number of aromatic hydroxyl groups is 1. The third kappa shape index (κ3) is 8.37. The molecule has 10 heteroatoms. The number of phenolic OH excluding ortho intramolecular Hbond substituents is 1. The predicted molar refractivity (Wildman–Crippen MR) is 144 cm³/mol. The summed E-state index contributed by atoms with van der Waals surface area (Å²) in [6, 6.07) is 10.4. The molecule has 0 aliphatic rings. The van der Waals surface area contributed by atoms with Crippen LogP contribution in [-0.4, -0.2) is 64.9 Å². The van der Waals surface area contributed by atoms with E-state index in [-0.39, 0.29) is 23.8 Å². The maximum absolute atomic E-state index is 14.0. The molecule has 0 fully saturated rings. The Morgan fingerprint density at radius 2 is 1.68 bits per heavy atom. The standard InChI is InChI=1S/C28H39N3O7/c1-7-18(2)23(30-27(36)38-28(3,4)5)26(35)31(16-17-32)24(21-10-8-9-11-22(21)33)25(34)29-19-12-14-20(37-6)15-13-19/h8-15,18,23-24,32-33H,7,16-17H2,1-6H3,(H,29,34)(H,30,36). The minimum atomic E-state index is -1.31. The first-order chi connectivity index (χ1) is 17.9. The van der Waals surface area contributed by atoms with E-state index < -0.39 is 42.2 Å². The van der Waals surface area contributed by atoms with E-state index in [1.165, 1.54) is 24.1 Å². The number of aliphatic hydroxyl groups is 1. The van der Waals surface area contributed by atoms with E-state index in [0.29, 0.717) is 17.9 Å². The average Bonchev–Trinajstić information content (AvgIpc) is 2.86. The van der Waals surface area contributed by atoms with Crippen molar-refractivity contribution in [2.75, 3.05) is 25.6 Å². The van der Waals surface area contributed by atoms with Crippen molar-refractivity contribution in [1.82, 2.24) is 10.2 Å². The molecule has 0 heterocycles. The molecule has 208 valence electrons. The Kier molecular flexibility index (Phi) is 10.9. The van der Waals surface area contributed by atoms with Gasteiger partial charge in [0, 0.05) is 17.8 Å². The van der Waals surface area contributed by atoms with Crippen molar-refractivity contribution < 1.29 is 34.1 Å². The molecule has 0 aliphatic carbocycles. The number of anilines is 1. The molecule has 0 saturated heterocycles. The van der Waals surface area contributed by atoms with Crippen LogP contribution in [0.3, 0.4) is 0 Å². The third-order valence-electron chi connectivity index (χ3n) is 5.92. The lowest BCUT2D eigenvalue weighted by molar-refractivity contribution is -0.142. The van der Waals surface area contributed by atoms with Gasteiger partial charge in [-0.1, -0.05) is 38.5 Å². The first kappa shape index (κ1) is 30.4. The number of nitrogens with one attached hydrogen (secondary N) is 2. The zero-order chi connectivity index (χ0) is 28.5. The van der Waals surface area contributed by atoms with E-state index in [1.54, 1.807) is 64.1 Å². The summed E-state index contributed by atoms with van der Waals surface area (Å²) in [5.74, 6) is -1.14. The summed E-state index contributed by atoms with van der Waals surface area (Å²) in [6.45, 7) is 8.12. The van der Waals surface area contributed by atoms with Gasteiger partial charge in [-0.3, -0.25) is 9.59 Å². The van der Waals surface area contributed by atoms with E-state index in [1.807, 2.05) is 6.92 Å². The SMILES string of the molecule is CCC(C)C(NC(=O)OC(C)(C)C)C(=O)N(CCO)C(C(=O)Nc1ccc(OC)cc1)c1ccccc1O. The number of phenols is 1. The molecule has 0 saturated carbocycles. The molecular weight excluding hydrogens is 490 g/mol. The molecule has 0 aromatic heterocycles. The van der Waals surface area contributed by atoms with Gasteiger partial charge in [0.1, 0.15) is 29.2 Å². The molecule has 2 rings (SSSR count). The number of hydrogen-bond acceptors (Lipinski definition) is 7. The third-order valence-corrected chi connectivity index (χ3v) is 5.92. The Labute approximate surface area is 223 Å². The zero-order valence-electron chi connectivity index (χ0n) is 22.9. The van der Waals surface area contributed by atoms with Crippen molar-refractivity contribution in [1.29, 1.82) is 0 Å². The van der Waals surface area contributed by atoms with Crippen molar-refractivity contribution in [2.45, 2.75) is 58.7 Å². The van der Waals surface area contributed by atoms with Gasteiger partial charge in [-0.15, -0.1) is 0 Å². The number of nitrogens with zero attached hydrogens (tertiary/aromatic N) is 1. The zero-order valence-corrected chi connectivity index (χ0v) is 22.9. The largest absolute Gasteiger partial charge is 0.508 e. The first-order valence-electron chi connectivity index (χ1n) is 12.6. The van der Waals surface area contributed by atoms with Crippen LogP contribution in [0.25, 0.3) is 0 Å².